The minimum Gasteiger partial charge on any atom is -0.493 e. The minimum absolute atomic E-state index is 0. The molecule has 1 heterocycles. The number of ether oxygens (including phenoxy) is 2. The van der Waals surface area contributed by atoms with E-state index in [-0.39, 0.29) is 24.8 Å². The molecule has 1 saturated carbocycles. The molecule has 1 aromatic carbocycles. The highest BCUT2D eigenvalue weighted by atomic mass is 35.5. The monoisotopic (exact) mass is 460 g/mol. The van der Waals surface area contributed by atoms with Gasteiger partial charge in [-0.2, -0.15) is 0 Å². The van der Waals surface area contributed by atoms with E-state index in [1.807, 2.05) is 24.3 Å². The number of nitrogens with zero attached hydrogens (tertiary/aromatic N) is 1. The number of hydrogen-bond acceptors (Lipinski definition) is 4. The summed E-state index contributed by atoms with van der Waals surface area (Å²) in [5.41, 5.74) is 2.11. The van der Waals surface area contributed by atoms with Crippen molar-refractivity contribution in [3.8, 4) is 11.5 Å². The first-order valence-corrected chi connectivity index (χ1v) is 10.3. The van der Waals surface area contributed by atoms with Crippen LogP contribution in [0.3, 0.4) is 0 Å². The average molecular weight is 462 g/mol. The van der Waals surface area contributed by atoms with Crippen LogP contribution in [0, 0.1) is 0 Å². The average Bonchev–Trinajstić information content (AvgIpc) is 2.66. The maximum Gasteiger partial charge on any atom is 0.180 e. The first kappa shape index (κ1) is 25.8. The molecule has 1 aliphatic rings. The van der Waals surface area contributed by atoms with E-state index in [1.54, 1.807) is 19.5 Å². The van der Waals surface area contributed by atoms with Gasteiger partial charge in [0.25, 0.3) is 0 Å². The van der Waals surface area contributed by atoms with Gasteiger partial charge in [-0.25, -0.2) is 0 Å². The molecule has 0 spiro atoms. The Balaban J connectivity index is 0.00000210. The Labute approximate surface area is 191 Å². The third-order valence-corrected chi connectivity index (χ3v) is 5.38. The molecule has 1 aromatic heterocycles. The van der Waals surface area contributed by atoms with Gasteiger partial charge in [-0.3, -0.25) is 4.98 Å². The second-order valence-corrected chi connectivity index (χ2v) is 7.59. The molecule has 1 N–H and O–H groups in total. The zero-order valence-corrected chi connectivity index (χ0v) is 19.3. The van der Waals surface area contributed by atoms with E-state index in [2.05, 4.69) is 10.3 Å². The molecule has 4 nitrogen and oxygen atoms in total. The van der Waals surface area contributed by atoms with Crippen LogP contribution in [0.2, 0.25) is 5.02 Å². The lowest BCUT2D eigenvalue weighted by Gasteiger charge is -2.21. The molecule has 2 aromatic rings. The van der Waals surface area contributed by atoms with Crippen molar-refractivity contribution in [2.75, 3.05) is 7.11 Å². The molecule has 0 saturated heterocycles. The highest BCUT2D eigenvalue weighted by molar-refractivity contribution is 6.32. The van der Waals surface area contributed by atoms with Crippen LogP contribution >= 0.6 is 36.4 Å². The van der Waals surface area contributed by atoms with Gasteiger partial charge < -0.3 is 14.8 Å². The van der Waals surface area contributed by atoms with Crippen LogP contribution in [-0.4, -0.2) is 18.1 Å². The Bertz CT molecular complexity index is 709. The lowest BCUT2D eigenvalue weighted by Crippen LogP contribution is -2.29. The molecule has 7 heteroatoms. The van der Waals surface area contributed by atoms with Gasteiger partial charge in [0.2, 0.25) is 0 Å². The van der Waals surface area contributed by atoms with Crippen molar-refractivity contribution in [3.63, 3.8) is 0 Å². The summed E-state index contributed by atoms with van der Waals surface area (Å²) in [6.07, 6.45) is 12.8. The maximum absolute atomic E-state index is 6.50. The molecule has 0 radical (unpaired) electrons. The second kappa shape index (κ2) is 13.9. The summed E-state index contributed by atoms with van der Waals surface area (Å²) < 4.78 is 11.4. The molecular formula is C22H31Cl3N2O2. The predicted molar refractivity (Wildman–Crippen MR) is 124 cm³/mol. The lowest BCUT2D eigenvalue weighted by atomic mass is 9.96. The minimum atomic E-state index is 0. The van der Waals surface area contributed by atoms with Gasteiger partial charge in [0.1, 0.15) is 6.61 Å². The SMILES string of the molecule is COc1cc(CNC2CCCCCCC2)cc(Cl)c1OCc1cccnc1.Cl.Cl. The van der Waals surface area contributed by atoms with E-state index < -0.39 is 0 Å². The number of benzene rings is 1. The molecule has 0 atom stereocenters. The first-order valence-electron chi connectivity index (χ1n) is 9.88. The first-order chi connectivity index (χ1) is 13.3. The molecule has 0 amide bonds. The van der Waals surface area contributed by atoms with E-state index in [0.29, 0.717) is 29.2 Å². The predicted octanol–water partition coefficient (Wildman–Crippen LogP) is 6.37. The van der Waals surface area contributed by atoms with Crippen molar-refractivity contribution >= 4 is 36.4 Å². The van der Waals surface area contributed by atoms with Gasteiger partial charge in [0.15, 0.2) is 11.5 Å². The van der Waals surface area contributed by atoms with Crippen molar-refractivity contribution in [2.24, 2.45) is 0 Å². The molecular weight excluding hydrogens is 431 g/mol. The van der Waals surface area contributed by atoms with Gasteiger partial charge in [-0.15, -0.1) is 24.8 Å². The zero-order valence-electron chi connectivity index (χ0n) is 16.9. The fraction of sp³-hybridized carbons (Fsp3) is 0.500. The molecule has 1 fully saturated rings. The number of aromatic nitrogens is 1. The van der Waals surface area contributed by atoms with Gasteiger partial charge in [0.05, 0.1) is 12.1 Å². The van der Waals surface area contributed by atoms with E-state index >= 15 is 0 Å². The molecule has 0 bridgehead atoms. The third kappa shape index (κ3) is 8.21. The number of nitrogens with one attached hydrogen (secondary N) is 1. The largest absolute Gasteiger partial charge is 0.493 e. The number of rotatable bonds is 7. The van der Waals surface area contributed by atoms with E-state index in [1.165, 1.54) is 44.9 Å². The van der Waals surface area contributed by atoms with Gasteiger partial charge in [-0.1, -0.05) is 49.8 Å². The summed E-state index contributed by atoms with van der Waals surface area (Å²) in [5.74, 6) is 1.25. The van der Waals surface area contributed by atoms with Crippen LogP contribution in [0.25, 0.3) is 0 Å². The van der Waals surface area contributed by atoms with Gasteiger partial charge in [0, 0.05) is 30.5 Å². The highest BCUT2D eigenvalue weighted by Crippen LogP contribution is 2.37. The Hall–Kier alpha value is -1.20. The number of pyridine rings is 1. The van der Waals surface area contributed by atoms with Crippen LogP contribution in [0.1, 0.15) is 56.1 Å². The third-order valence-electron chi connectivity index (χ3n) is 5.10. The number of halogens is 3. The second-order valence-electron chi connectivity index (χ2n) is 7.18. The van der Waals surface area contributed by atoms with Crippen molar-refractivity contribution in [1.82, 2.24) is 10.3 Å². The van der Waals surface area contributed by atoms with Crippen molar-refractivity contribution in [3.05, 3.63) is 52.8 Å². The van der Waals surface area contributed by atoms with Gasteiger partial charge >= 0.3 is 0 Å². The molecule has 0 aliphatic heterocycles. The Morgan fingerprint density at radius 3 is 2.45 bits per heavy atom. The van der Waals surface area contributed by atoms with Crippen molar-refractivity contribution < 1.29 is 9.47 Å². The molecule has 1 aliphatic carbocycles. The normalized spacial score (nSPS) is 14.7. The molecule has 0 unspecified atom stereocenters. The number of hydrogen-bond donors (Lipinski definition) is 1. The molecule has 162 valence electrons. The van der Waals surface area contributed by atoms with Crippen LogP contribution in [0.4, 0.5) is 0 Å². The lowest BCUT2D eigenvalue weighted by molar-refractivity contribution is 0.284. The smallest absolute Gasteiger partial charge is 0.180 e. The summed E-state index contributed by atoms with van der Waals surface area (Å²) in [7, 11) is 1.65. The standard InChI is InChI=1S/C22H29ClN2O2.2ClH/c1-26-21-13-18(15-25-19-9-5-3-2-4-6-10-19)12-20(23)22(21)27-16-17-8-7-11-24-14-17;;/h7-8,11-14,19,25H,2-6,9-10,15-16H2,1H3;2*1H. The zero-order chi connectivity index (χ0) is 18.9. The van der Waals surface area contributed by atoms with Crippen molar-refractivity contribution in [2.45, 2.75) is 64.1 Å². The summed E-state index contributed by atoms with van der Waals surface area (Å²) >= 11 is 6.50. The van der Waals surface area contributed by atoms with Crippen LogP contribution in [-0.2, 0) is 13.2 Å². The Morgan fingerprint density at radius 2 is 1.79 bits per heavy atom. The fourth-order valence-corrected chi connectivity index (χ4v) is 3.86. The fourth-order valence-electron chi connectivity index (χ4n) is 3.58. The van der Waals surface area contributed by atoms with Crippen LogP contribution in [0.5, 0.6) is 11.5 Å². The molecule has 29 heavy (non-hydrogen) atoms. The molecule has 3 rings (SSSR count). The van der Waals surface area contributed by atoms with E-state index in [0.717, 1.165) is 17.7 Å². The van der Waals surface area contributed by atoms with Crippen LogP contribution < -0.4 is 14.8 Å². The highest BCUT2D eigenvalue weighted by Gasteiger charge is 2.15. The quantitative estimate of drug-likeness (QED) is 0.520. The Kier molecular flexibility index (Phi) is 12.4. The van der Waals surface area contributed by atoms with Crippen LogP contribution in [0.15, 0.2) is 36.7 Å². The van der Waals surface area contributed by atoms with E-state index in [9.17, 15) is 0 Å². The topological polar surface area (TPSA) is 43.4 Å². The van der Waals surface area contributed by atoms with Crippen molar-refractivity contribution in [1.29, 1.82) is 0 Å². The summed E-state index contributed by atoms with van der Waals surface area (Å²) in [5, 5.41) is 4.27. The summed E-state index contributed by atoms with van der Waals surface area (Å²) in [6.45, 7) is 1.20. The summed E-state index contributed by atoms with van der Waals surface area (Å²) in [6, 6.07) is 8.44. The Morgan fingerprint density at radius 1 is 1.07 bits per heavy atom. The summed E-state index contributed by atoms with van der Waals surface area (Å²) in [4.78, 5) is 4.10. The maximum atomic E-state index is 6.50. The number of methoxy groups -OCH3 is 1. The van der Waals surface area contributed by atoms with Gasteiger partial charge in [-0.05, 0) is 36.6 Å². The van der Waals surface area contributed by atoms with E-state index in [4.69, 9.17) is 21.1 Å².